The van der Waals surface area contributed by atoms with E-state index < -0.39 is 20.0 Å². The maximum atomic E-state index is 13.0. The predicted molar refractivity (Wildman–Crippen MR) is 282 cm³/mol. The third-order valence-corrected chi connectivity index (χ3v) is 14.6. The summed E-state index contributed by atoms with van der Waals surface area (Å²) in [6.45, 7) is 4.94. The fraction of sp³-hybridized carbons (Fsp3) is 0.982. The molecule has 0 aliphatic heterocycles. The molecule has 8 nitrogen and oxygen atoms in total. The molecule has 0 aromatic carbocycles. The van der Waals surface area contributed by atoms with Gasteiger partial charge in [-0.3, -0.25) is 13.8 Å². The number of carbonyl (C=O) groups is 1. The number of phosphoric acid groups is 1. The standard InChI is InChI=1S/C56H115N2O6P/c1-6-8-10-12-14-16-18-20-22-24-25-26-27-28-29-30-31-32-33-34-35-37-39-41-43-45-47-49-55(59)54(53-64-65(61,62)63-52-51-58(3,4)5)57-56(60)50-48-46-44-42-40-38-36-23-21-19-17-15-13-11-9-7-2/h54-55,59H,6-53H2,1-5H3,(H-,57,60,61,62)/p+1. The molecule has 0 bridgehead atoms. The zero-order chi connectivity index (χ0) is 47.8. The summed E-state index contributed by atoms with van der Waals surface area (Å²) >= 11 is 0. The summed E-state index contributed by atoms with van der Waals surface area (Å²) in [7, 11) is 1.64. The number of likely N-dealkylation sites (N-methyl/N-ethyl adjacent to an activating group) is 1. The number of nitrogens with one attached hydrogen (secondary N) is 1. The van der Waals surface area contributed by atoms with Crippen molar-refractivity contribution in [2.45, 2.75) is 315 Å². The highest BCUT2D eigenvalue weighted by atomic mass is 31.2. The molecule has 0 spiro atoms. The van der Waals surface area contributed by atoms with E-state index in [1.54, 1.807) is 0 Å². The van der Waals surface area contributed by atoms with Gasteiger partial charge in [-0.1, -0.05) is 284 Å². The Balaban J connectivity index is 4.08. The van der Waals surface area contributed by atoms with Crippen LogP contribution in [0.4, 0.5) is 0 Å². The minimum atomic E-state index is -4.32. The summed E-state index contributed by atoms with van der Waals surface area (Å²) in [5.41, 5.74) is 0. The lowest BCUT2D eigenvalue weighted by molar-refractivity contribution is -0.870. The third-order valence-electron chi connectivity index (χ3n) is 13.6. The van der Waals surface area contributed by atoms with Crippen molar-refractivity contribution in [2.75, 3.05) is 40.9 Å². The van der Waals surface area contributed by atoms with Gasteiger partial charge < -0.3 is 19.8 Å². The van der Waals surface area contributed by atoms with Gasteiger partial charge in [0.05, 0.1) is 39.9 Å². The molecular formula is C56H116N2O6P+. The zero-order valence-corrected chi connectivity index (χ0v) is 45.4. The Hall–Kier alpha value is -0.500. The third kappa shape index (κ3) is 51.2. The molecule has 0 aliphatic rings. The van der Waals surface area contributed by atoms with Gasteiger partial charge in [0.2, 0.25) is 5.91 Å². The largest absolute Gasteiger partial charge is 0.472 e. The van der Waals surface area contributed by atoms with Gasteiger partial charge in [0.15, 0.2) is 0 Å². The van der Waals surface area contributed by atoms with Gasteiger partial charge in [-0.15, -0.1) is 0 Å². The second kappa shape index (κ2) is 48.5. The van der Waals surface area contributed by atoms with Gasteiger partial charge in [-0.05, 0) is 12.8 Å². The highest BCUT2D eigenvalue weighted by Gasteiger charge is 2.28. The molecule has 1 amide bonds. The molecular weight excluding hydrogens is 828 g/mol. The van der Waals surface area contributed by atoms with Crippen LogP contribution in [0.2, 0.25) is 0 Å². The van der Waals surface area contributed by atoms with E-state index in [9.17, 15) is 19.4 Å². The van der Waals surface area contributed by atoms with Gasteiger partial charge in [0.1, 0.15) is 13.2 Å². The lowest BCUT2D eigenvalue weighted by Crippen LogP contribution is -2.46. The Morgan fingerprint density at radius 2 is 0.738 bits per heavy atom. The van der Waals surface area contributed by atoms with Crippen LogP contribution in [-0.4, -0.2) is 73.4 Å². The number of nitrogens with zero attached hydrogens (tertiary/aromatic N) is 1. The molecule has 0 aliphatic carbocycles. The number of unbranched alkanes of at least 4 members (excludes halogenated alkanes) is 41. The first-order chi connectivity index (χ1) is 31.5. The highest BCUT2D eigenvalue weighted by Crippen LogP contribution is 2.43. The Kier molecular flexibility index (Phi) is 48.1. The molecule has 0 heterocycles. The second-order valence-corrected chi connectivity index (χ2v) is 22.8. The smallest absolute Gasteiger partial charge is 0.391 e. The van der Waals surface area contributed by atoms with Gasteiger partial charge in [-0.25, -0.2) is 4.57 Å². The Morgan fingerprint density at radius 3 is 1.03 bits per heavy atom. The predicted octanol–water partition coefficient (Wildman–Crippen LogP) is 17.3. The minimum Gasteiger partial charge on any atom is -0.391 e. The average molecular weight is 945 g/mol. The van der Waals surface area contributed by atoms with Gasteiger partial charge in [0, 0.05) is 6.42 Å². The number of rotatable bonds is 54. The number of hydrogen-bond acceptors (Lipinski definition) is 5. The van der Waals surface area contributed by atoms with E-state index in [1.807, 2.05) is 21.1 Å². The molecule has 0 saturated heterocycles. The molecule has 9 heteroatoms. The summed E-state index contributed by atoms with van der Waals surface area (Å²) in [6.07, 6.45) is 57.3. The summed E-state index contributed by atoms with van der Waals surface area (Å²) < 4.78 is 23.8. The lowest BCUT2D eigenvalue weighted by atomic mass is 10.0. The number of aliphatic hydroxyl groups is 1. The first kappa shape index (κ1) is 64.5. The Labute approximate surface area is 406 Å². The van der Waals surface area contributed by atoms with E-state index in [2.05, 4.69) is 19.2 Å². The van der Waals surface area contributed by atoms with Crippen molar-refractivity contribution in [3.05, 3.63) is 0 Å². The molecule has 3 atom stereocenters. The van der Waals surface area contributed by atoms with Gasteiger partial charge >= 0.3 is 7.82 Å². The summed E-state index contributed by atoms with van der Waals surface area (Å²) in [5.74, 6) is -0.137. The topological polar surface area (TPSA) is 105 Å². The highest BCUT2D eigenvalue weighted by molar-refractivity contribution is 7.47. The number of phosphoric ester groups is 1. The Bertz CT molecular complexity index is 1030. The van der Waals surface area contributed by atoms with Crippen LogP contribution in [-0.2, 0) is 18.4 Å². The Morgan fingerprint density at radius 1 is 0.462 bits per heavy atom. The van der Waals surface area contributed by atoms with Gasteiger partial charge in [0.25, 0.3) is 0 Å². The monoisotopic (exact) mass is 944 g/mol. The van der Waals surface area contributed by atoms with Crippen molar-refractivity contribution in [1.29, 1.82) is 0 Å². The van der Waals surface area contributed by atoms with E-state index in [4.69, 9.17) is 9.05 Å². The van der Waals surface area contributed by atoms with Crippen molar-refractivity contribution in [3.63, 3.8) is 0 Å². The van der Waals surface area contributed by atoms with Crippen molar-refractivity contribution < 1.29 is 32.9 Å². The zero-order valence-electron chi connectivity index (χ0n) is 44.5. The SMILES string of the molecule is CCCCCCCCCCCCCCCCCCCCCCCCCCCCCC(O)C(COP(=O)(O)OCC[N+](C)(C)C)NC(=O)CCCCCCCCCCCCCCCCCC. The molecule has 0 saturated carbocycles. The first-order valence-corrected chi connectivity index (χ1v) is 30.4. The maximum Gasteiger partial charge on any atom is 0.472 e. The molecule has 65 heavy (non-hydrogen) atoms. The van der Waals surface area contributed by atoms with Crippen LogP contribution in [0.25, 0.3) is 0 Å². The molecule has 3 N–H and O–H groups in total. The number of quaternary nitrogens is 1. The first-order valence-electron chi connectivity index (χ1n) is 28.9. The van der Waals surface area contributed by atoms with Crippen LogP contribution < -0.4 is 5.32 Å². The summed E-state index contributed by atoms with van der Waals surface area (Å²) in [5, 5.41) is 14.1. The quantitative estimate of drug-likeness (QED) is 0.0319. The van der Waals surface area contributed by atoms with E-state index in [0.29, 0.717) is 23.9 Å². The van der Waals surface area contributed by atoms with Crippen LogP contribution in [0.3, 0.4) is 0 Å². The normalized spacial score (nSPS) is 13.9. The van der Waals surface area contributed by atoms with Crippen molar-refractivity contribution in [3.8, 4) is 0 Å². The fourth-order valence-corrected chi connectivity index (χ4v) is 9.79. The van der Waals surface area contributed by atoms with Crippen LogP contribution in [0.15, 0.2) is 0 Å². The van der Waals surface area contributed by atoms with Crippen molar-refractivity contribution in [2.24, 2.45) is 0 Å². The number of carbonyl (C=O) groups excluding carboxylic acids is 1. The van der Waals surface area contributed by atoms with Crippen LogP contribution >= 0.6 is 7.82 Å². The lowest BCUT2D eigenvalue weighted by Gasteiger charge is -2.26. The second-order valence-electron chi connectivity index (χ2n) is 21.4. The van der Waals surface area contributed by atoms with Crippen molar-refractivity contribution >= 4 is 13.7 Å². The number of hydrogen-bond donors (Lipinski definition) is 3. The molecule has 0 aromatic rings. The average Bonchev–Trinajstić information content (AvgIpc) is 3.26. The maximum absolute atomic E-state index is 13.0. The van der Waals surface area contributed by atoms with E-state index >= 15 is 0 Å². The van der Waals surface area contributed by atoms with Crippen molar-refractivity contribution in [1.82, 2.24) is 5.32 Å². The van der Waals surface area contributed by atoms with E-state index in [-0.39, 0.29) is 19.1 Å². The summed E-state index contributed by atoms with van der Waals surface area (Å²) in [6, 6.07) is -0.755. The molecule has 0 aromatic heterocycles. The molecule has 3 unspecified atom stereocenters. The molecule has 390 valence electrons. The summed E-state index contributed by atoms with van der Waals surface area (Å²) in [4.78, 5) is 23.3. The number of amides is 1. The molecule has 0 rings (SSSR count). The molecule has 0 radical (unpaired) electrons. The van der Waals surface area contributed by atoms with Crippen LogP contribution in [0, 0.1) is 0 Å². The van der Waals surface area contributed by atoms with E-state index in [0.717, 1.165) is 38.5 Å². The van der Waals surface area contributed by atoms with Gasteiger partial charge in [-0.2, -0.15) is 0 Å². The van der Waals surface area contributed by atoms with E-state index in [1.165, 1.54) is 238 Å². The van der Waals surface area contributed by atoms with Crippen LogP contribution in [0.1, 0.15) is 303 Å². The number of aliphatic hydroxyl groups excluding tert-OH is 1. The minimum absolute atomic E-state index is 0.0791. The van der Waals surface area contributed by atoms with Crippen LogP contribution in [0.5, 0.6) is 0 Å². The molecule has 0 fully saturated rings. The fourth-order valence-electron chi connectivity index (χ4n) is 9.05.